The third kappa shape index (κ3) is 2.79. The molecule has 1 heterocycles. The van der Waals surface area contributed by atoms with Gasteiger partial charge in [0.2, 0.25) is 11.2 Å². The predicted molar refractivity (Wildman–Crippen MR) is 88.8 cm³/mol. The van der Waals surface area contributed by atoms with E-state index in [4.69, 9.17) is 26.0 Å². The Bertz CT molecular complexity index is 986. The number of hydrogen-bond donors (Lipinski definition) is 0. The van der Waals surface area contributed by atoms with Gasteiger partial charge in [0, 0.05) is 5.56 Å². The molecule has 23 heavy (non-hydrogen) atoms. The molecule has 0 aliphatic carbocycles. The van der Waals surface area contributed by atoms with Crippen LogP contribution in [0.1, 0.15) is 5.56 Å². The zero-order valence-corrected chi connectivity index (χ0v) is 13.1. The standard InChI is InChI=1S/C18H12ClNO3/c1-11-6-7-15-13(10-11)16(21)18(22-9-8-20)17(23-15)12-4-2-3-5-14(12)19/h2-7,10H,9H2,1H3. The molecule has 0 fully saturated rings. The summed E-state index contributed by atoms with van der Waals surface area (Å²) >= 11 is 6.21. The molecule has 0 unspecified atom stereocenters. The number of hydrogen-bond acceptors (Lipinski definition) is 4. The molecule has 0 amide bonds. The van der Waals surface area contributed by atoms with Gasteiger partial charge in [0.15, 0.2) is 12.4 Å². The van der Waals surface area contributed by atoms with Crippen molar-refractivity contribution in [1.29, 1.82) is 5.26 Å². The van der Waals surface area contributed by atoms with Crippen molar-refractivity contribution in [3.8, 4) is 23.1 Å². The molecule has 3 aromatic rings. The van der Waals surface area contributed by atoms with E-state index >= 15 is 0 Å². The Hall–Kier alpha value is -2.77. The summed E-state index contributed by atoms with van der Waals surface area (Å²) in [5.41, 5.74) is 1.60. The highest BCUT2D eigenvalue weighted by molar-refractivity contribution is 6.33. The summed E-state index contributed by atoms with van der Waals surface area (Å²) in [4.78, 5) is 12.8. The van der Waals surface area contributed by atoms with Gasteiger partial charge in [-0.1, -0.05) is 35.4 Å². The molecule has 2 aromatic carbocycles. The Balaban J connectivity index is 2.36. The van der Waals surface area contributed by atoms with Crippen molar-refractivity contribution in [2.75, 3.05) is 6.61 Å². The van der Waals surface area contributed by atoms with Crippen LogP contribution < -0.4 is 10.2 Å². The first-order valence-corrected chi connectivity index (χ1v) is 7.31. The van der Waals surface area contributed by atoms with Crippen molar-refractivity contribution in [3.63, 3.8) is 0 Å². The summed E-state index contributed by atoms with van der Waals surface area (Å²) in [6.45, 7) is 1.64. The quantitative estimate of drug-likeness (QED) is 0.719. The van der Waals surface area contributed by atoms with E-state index in [1.54, 1.807) is 36.4 Å². The largest absolute Gasteiger partial charge is 0.471 e. The Morgan fingerprint density at radius 2 is 2.04 bits per heavy atom. The summed E-state index contributed by atoms with van der Waals surface area (Å²) in [5.74, 6) is 0.227. The number of rotatable bonds is 3. The minimum Gasteiger partial charge on any atom is -0.471 e. The topological polar surface area (TPSA) is 63.2 Å². The van der Waals surface area contributed by atoms with Crippen LogP contribution in [0.25, 0.3) is 22.3 Å². The van der Waals surface area contributed by atoms with Crippen LogP contribution in [0.4, 0.5) is 0 Å². The van der Waals surface area contributed by atoms with E-state index in [0.717, 1.165) is 5.56 Å². The third-order valence-electron chi connectivity index (χ3n) is 3.40. The maximum Gasteiger partial charge on any atom is 0.235 e. The molecule has 3 rings (SSSR count). The van der Waals surface area contributed by atoms with Crippen LogP contribution in [0.2, 0.25) is 5.02 Å². The molecule has 0 spiro atoms. The van der Waals surface area contributed by atoms with Gasteiger partial charge >= 0.3 is 0 Å². The van der Waals surface area contributed by atoms with Gasteiger partial charge < -0.3 is 9.15 Å². The van der Waals surface area contributed by atoms with Crippen LogP contribution in [-0.2, 0) is 0 Å². The number of fused-ring (bicyclic) bond motifs is 1. The first-order valence-electron chi connectivity index (χ1n) is 6.94. The zero-order valence-electron chi connectivity index (χ0n) is 12.3. The van der Waals surface area contributed by atoms with E-state index in [-0.39, 0.29) is 23.5 Å². The first-order chi connectivity index (χ1) is 11.1. The average Bonchev–Trinajstić information content (AvgIpc) is 2.55. The Morgan fingerprint density at radius 3 is 2.78 bits per heavy atom. The monoisotopic (exact) mass is 325 g/mol. The molecule has 0 aliphatic rings. The molecular weight excluding hydrogens is 314 g/mol. The fourth-order valence-electron chi connectivity index (χ4n) is 2.35. The van der Waals surface area contributed by atoms with Crippen molar-refractivity contribution in [2.45, 2.75) is 6.92 Å². The highest BCUT2D eigenvalue weighted by Crippen LogP contribution is 2.35. The van der Waals surface area contributed by atoms with Crippen LogP contribution in [0.15, 0.2) is 51.7 Å². The third-order valence-corrected chi connectivity index (χ3v) is 3.73. The Labute approximate surface area is 137 Å². The van der Waals surface area contributed by atoms with Crippen molar-refractivity contribution in [1.82, 2.24) is 0 Å². The van der Waals surface area contributed by atoms with Crippen LogP contribution >= 0.6 is 11.6 Å². The fraction of sp³-hybridized carbons (Fsp3) is 0.111. The normalized spacial score (nSPS) is 10.5. The molecule has 0 aliphatic heterocycles. The van der Waals surface area contributed by atoms with Crippen LogP contribution in [0.5, 0.6) is 5.75 Å². The number of halogens is 1. The minimum atomic E-state index is -0.319. The molecule has 0 radical (unpaired) electrons. The zero-order chi connectivity index (χ0) is 16.4. The van der Waals surface area contributed by atoms with E-state index in [2.05, 4.69) is 0 Å². The molecule has 0 saturated heterocycles. The Kier molecular flexibility index (Phi) is 4.05. The summed E-state index contributed by atoms with van der Waals surface area (Å²) in [6.07, 6.45) is 0. The summed E-state index contributed by atoms with van der Waals surface area (Å²) in [5, 5.41) is 9.60. The van der Waals surface area contributed by atoms with E-state index < -0.39 is 0 Å². The molecule has 0 N–H and O–H groups in total. The summed E-state index contributed by atoms with van der Waals surface area (Å²) < 4.78 is 11.2. The average molecular weight is 326 g/mol. The van der Waals surface area contributed by atoms with Gasteiger partial charge in [0.05, 0.1) is 10.4 Å². The number of ether oxygens (including phenoxy) is 1. The predicted octanol–water partition coefficient (Wildman–Crippen LogP) is 4.32. The Morgan fingerprint density at radius 1 is 1.26 bits per heavy atom. The maximum atomic E-state index is 12.8. The highest BCUT2D eigenvalue weighted by atomic mass is 35.5. The van der Waals surface area contributed by atoms with Crippen molar-refractivity contribution in [2.24, 2.45) is 0 Å². The first kappa shape index (κ1) is 15.1. The number of benzene rings is 2. The van der Waals surface area contributed by atoms with Gasteiger partial charge in [-0.2, -0.15) is 5.26 Å². The fourth-order valence-corrected chi connectivity index (χ4v) is 2.57. The molecular formula is C18H12ClNO3. The van der Waals surface area contributed by atoms with E-state index in [9.17, 15) is 4.79 Å². The highest BCUT2D eigenvalue weighted by Gasteiger charge is 2.19. The smallest absolute Gasteiger partial charge is 0.235 e. The molecule has 5 heteroatoms. The molecule has 114 valence electrons. The van der Waals surface area contributed by atoms with E-state index in [0.29, 0.717) is 21.6 Å². The van der Waals surface area contributed by atoms with Crippen LogP contribution in [-0.4, -0.2) is 6.61 Å². The van der Waals surface area contributed by atoms with Crippen LogP contribution in [0, 0.1) is 18.3 Å². The lowest BCUT2D eigenvalue weighted by Crippen LogP contribution is -2.10. The van der Waals surface area contributed by atoms with Crippen molar-refractivity contribution >= 4 is 22.6 Å². The molecule has 0 atom stereocenters. The van der Waals surface area contributed by atoms with Crippen molar-refractivity contribution < 1.29 is 9.15 Å². The van der Waals surface area contributed by atoms with Gasteiger partial charge in [-0.15, -0.1) is 0 Å². The molecule has 0 saturated carbocycles. The summed E-state index contributed by atoms with van der Waals surface area (Å²) in [7, 11) is 0. The SMILES string of the molecule is Cc1ccc2oc(-c3ccccc3Cl)c(OCC#N)c(=O)c2c1. The lowest BCUT2D eigenvalue weighted by Gasteiger charge is -2.11. The second-order valence-electron chi connectivity index (χ2n) is 5.02. The molecule has 0 bridgehead atoms. The van der Waals surface area contributed by atoms with Gasteiger partial charge in [-0.3, -0.25) is 4.79 Å². The lowest BCUT2D eigenvalue weighted by atomic mass is 10.1. The molecule has 4 nitrogen and oxygen atoms in total. The minimum absolute atomic E-state index is 0.00208. The summed E-state index contributed by atoms with van der Waals surface area (Å²) in [6, 6.07) is 14.2. The number of aryl methyl sites for hydroxylation is 1. The van der Waals surface area contributed by atoms with Crippen molar-refractivity contribution in [3.05, 3.63) is 63.3 Å². The maximum absolute atomic E-state index is 12.8. The van der Waals surface area contributed by atoms with Crippen LogP contribution in [0.3, 0.4) is 0 Å². The van der Waals surface area contributed by atoms with Gasteiger partial charge in [-0.05, 0) is 31.2 Å². The van der Waals surface area contributed by atoms with E-state index in [1.165, 1.54) is 0 Å². The van der Waals surface area contributed by atoms with Gasteiger partial charge in [-0.25, -0.2) is 0 Å². The second-order valence-corrected chi connectivity index (χ2v) is 5.42. The number of nitriles is 1. The second kappa shape index (κ2) is 6.15. The molecule has 1 aromatic heterocycles. The van der Waals surface area contributed by atoms with E-state index in [1.807, 2.05) is 19.1 Å². The number of nitrogens with zero attached hydrogens (tertiary/aromatic N) is 1. The van der Waals surface area contributed by atoms with Gasteiger partial charge in [0.25, 0.3) is 0 Å². The van der Waals surface area contributed by atoms with Gasteiger partial charge in [0.1, 0.15) is 11.7 Å². The lowest BCUT2D eigenvalue weighted by molar-refractivity contribution is 0.356.